The number of thiophene rings is 1. The lowest BCUT2D eigenvalue weighted by atomic mass is 9.81. The van der Waals surface area contributed by atoms with Gasteiger partial charge in [-0.2, -0.15) is 0 Å². The van der Waals surface area contributed by atoms with E-state index in [1.54, 1.807) is 11.3 Å². The first-order valence-electron chi connectivity index (χ1n) is 4.75. The van der Waals surface area contributed by atoms with Crippen molar-refractivity contribution >= 4 is 22.9 Å². The van der Waals surface area contributed by atoms with Crippen LogP contribution in [0.5, 0.6) is 0 Å². The predicted molar refractivity (Wildman–Crippen MR) is 56.2 cm³/mol. The Morgan fingerprint density at radius 1 is 1.46 bits per heavy atom. The van der Waals surface area contributed by atoms with Crippen molar-refractivity contribution in [2.24, 2.45) is 11.1 Å². The molecule has 1 nitrogen and oxygen atoms in total. The molecule has 1 spiro atoms. The van der Waals surface area contributed by atoms with Crippen LogP contribution in [0, 0.1) is 5.41 Å². The normalized spacial score (nSPS) is 28.9. The zero-order valence-corrected chi connectivity index (χ0v) is 8.92. The molecule has 1 atom stereocenters. The highest BCUT2D eigenvalue weighted by molar-refractivity contribution is 7.16. The highest BCUT2D eigenvalue weighted by Crippen LogP contribution is 2.60. The van der Waals surface area contributed by atoms with Gasteiger partial charge in [0.15, 0.2) is 0 Å². The van der Waals surface area contributed by atoms with Crippen molar-refractivity contribution in [1.29, 1.82) is 0 Å². The monoisotopic (exact) mass is 213 g/mol. The van der Waals surface area contributed by atoms with Crippen LogP contribution < -0.4 is 5.73 Å². The molecule has 0 radical (unpaired) electrons. The van der Waals surface area contributed by atoms with E-state index in [0.29, 0.717) is 5.41 Å². The Bertz CT molecular complexity index is 354. The summed E-state index contributed by atoms with van der Waals surface area (Å²) in [5.74, 6) is 0. The molecule has 0 aromatic carbocycles. The smallest absolute Gasteiger partial charge is 0.0934 e. The minimum absolute atomic E-state index is 0.264. The summed E-state index contributed by atoms with van der Waals surface area (Å²) in [6, 6.07) is 2.34. The van der Waals surface area contributed by atoms with E-state index in [-0.39, 0.29) is 6.04 Å². The molecule has 0 aliphatic heterocycles. The average molecular weight is 214 g/mol. The molecule has 0 bridgehead atoms. The van der Waals surface area contributed by atoms with Crippen LogP contribution in [0.25, 0.3) is 0 Å². The van der Waals surface area contributed by atoms with Gasteiger partial charge >= 0.3 is 0 Å². The van der Waals surface area contributed by atoms with E-state index in [2.05, 4.69) is 6.07 Å². The second-order valence-corrected chi connectivity index (χ2v) is 6.04. The molecule has 0 saturated heterocycles. The van der Waals surface area contributed by atoms with Crippen molar-refractivity contribution in [3.8, 4) is 0 Å². The van der Waals surface area contributed by atoms with Gasteiger partial charge in [0.25, 0.3) is 0 Å². The first-order valence-corrected chi connectivity index (χ1v) is 5.94. The molecule has 0 amide bonds. The molecule has 1 unspecified atom stereocenters. The van der Waals surface area contributed by atoms with Crippen LogP contribution in [-0.4, -0.2) is 0 Å². The SMILES string of the molecule is NC1c2cc(Cl)sc2CCC12CC2. The Kier molecular flexibility index (Phi) is 1.59. The Balaban J connectivity index is 2.07. The quantitative estimate of drug-likeness (QED) is 0.704. The number of fused-ring (bicyclic) bond motifs is 1. The van der Waals surface area contributed by atoms with Crippen molar-refractivity contribution in [1.82, 2.24) is 0 Å². The van der Waals surface area contributed by atoms with Gasteiger partial charge in [0.1, 0.15) is 0 Å². The van der Waals surface area contributed by atoms with Gasteiger partial charge in [0, 0.05) is 10.9 Å². The number of halogens is 1. The van der Waals surface area contributed by atoms with Crippen LogP contribution >= 0.6 is 22.9 Å². The van der Waals surface area contributed by atoms with Gasteiger partial charge in [-0.15, -0.1) is 11.3 Å². The molecular weight excluding hydrogens is 202 g/mol. The molecule has 70 valence electrons. The van der Waals surface area contributed by atoms with E-state index >= 15 is 0 Å². The van der Waals surface area contributed by atoms with E-state index in [0.717, 1.165) is 4.34 Å². The lowest BCUT2D eigenvalue weighted by Gasteiger charge is -2.28. The van der Waals surface area contributed by atoms with E-state index in [1.165, 1.54) is 36.1 Å². The summed E-state index contributed by atoms with van der Waals surface area (Å²) in [4.78, 5) is 1.43. The van der Waals surface area contributed by atoms with E-state index < -0.39 is 0 Å². The van der Waals surface area contributed by atoms with Crippen LogP contribution in [-0.2, 0) is 6.42 Å². The minimum Gasteiger partial charge on any atom is -0.323 e. The third-order valence-corrected chi connectivity index (χ3v) is 4.89. The van der Waals surface area contributed by atoms with Gasteiger partial charge in [-0.1, -0.05) is 11.6 Å². The third-order valence-electron chi connectivity index (χ3n) is 3.55. The fourth-order valence-corrected chi connectivity index (χ4v) is 3.76. The van der Waals surface area contributed by atoms with Gasteiger partial charge in [-0.05, 0) is 42.7 Å². The van der Waals surface area contributed by atoms with Crippen molar-refractivity contribution < 1.29 is 0 Å². The maximum Gasteiger partial charge on any atom is 0.0934 e. The summed E-state index contributed by atoms with van der Waals surface area (Å²) >= 11 is 7.70. The molecule has 1 aromatic rings. The number of hydrogen-bond donors (Lipinski definition) is 1. The van der Waals surface area contributed by atoms with Crippen molar-refractivity contribution in [2.75, 3.05) is 0 Å². The molecule has 2 aliphatic carbocycles. The molecule has 1 heterocycles. The Hall–Kier alpha value is -0.0500. The lowest BCUT2D eigenvalue weighted by Crippen LogP contribution is -2.27. The summed E-state index contributed by atoms with van der Waals surface area (Å²) < 4.78 is 0.901. The second kappa shape index (κ2) is 2.50. The first-order chi connectivity index (χ1) is 6.21. The maximum absolute atomic E-state index is 6.25. The molecule has 1 fully saturated rings. The Morgan fingerprint density at radius 2 is 2.23 bits per heavy atom. The van der Waals surface area contributed by atoms with Crippen LogP contribution in [0.15, 0.2) is 6.07 Å². The highest BCUT2D eigenvalue weighted by atomic mass is 35.5. The largest absolute Gasteiger partial charge is 0.323 e. The van der Waals surface area contributed by atoms with E-state index in [4.69, 9.17) is 17.3 Å². The van der Waals surface area contributed by atoms with Gasteiger partial charge in [0.05, 0.1) is 4.34 Å². The number of nitrogens with two attached hydrogens (primary N) is 1. The Morgan fingerprint density at radius 3 is 2.92 bits per heavy atom. The summed E-state index contributed by atoms with van der Waals surface area (Å²) in [7, 11) is 0. The molecular formula is C10H12ClNS. The number of rotatable bonds is 0. The molecule has 3 rings (SSSR count). The molecule has 2 N–H and O–H groups in total. The number of hydrogen-bond acceptors (Lipinski definition) is 2. The van der Waals surface area contributed by atoms with Crippen molar-refractivity contribution in [3.63, 3.8) is 0 Å². The highest BCUT2D eigenvalue weighted by Gasteiger charge is 2.50. The van der Waals surface area contributed by atoms with Crippen LogP contribution in [0.4, 0.5) is 0 Å². The van der Waals surface area contributed by atoms with Crippen molar-refractivity contribution in [3.05, 3.63) is 20.8 Å². The van der Waals surface area contributed by atoms with E-state index in [1.807, 2.05) is 0 Å². The zero-order chi connectivity index (χ0) is 9.05. The van der Waals surface area contributed by atoms with Crippen molar-refractivity contribution in [2.45, 2.75) is 31.7 Å². The summed E-state index contributed by atoms with van der Waals surface area (Å²) in [6.45, 7) is 0. The summed E-state index contributed by atoms with van der Waals surface area (Å²) in [6.07, 6.45) is 5.11. The summed E-state index contributed by atoms with van der Waals surface area (Å²) in [5.41, 5.74) is 8.05. The minimum atomic E-state index is 0.264. The molecule has 3 heteroatoms. The Labute approximate surface area is 86.9 Å². The zero-order valence-electron chi connectivity index (χ0n) is 7.35. The first kappa shape index (κ1) is 8.27. The maximum atomic E-state index is 6.25. The van der Waals surface area contributed by atoms with Crippen LogP contribution in [0.2, 0.25) is 4.34 Å². The molecule has 1 saturated carbocycles. The van der Waals surface area contributed by atoms with Crippen LogP contribution in [0.1, 0.15) is 35.7 Å². The standard InChI is InChI=1S/C10H12ClNS/c11-8-5-6-7(13-8)1-2-10(3-4-10)9(6)12/h5,9H,1-4,12H2. The van der Waals surface area contributed by atoms with Gasteiger partial charge in [0.2, 0.25) is 0 Å². The van der Waals surface area contributed by atoms with Crippen LogP contribution in [0.3, 0.4) is 0 Å². The van der Waals surface area contributed by atoms with E-state index in [9.17, 15) is 0 Å². The fraction of sp³-hybridized carbons (Fsp3) is 0.600. The van der Waals surface area contributed by atoms with Gasteiger partial charge in [-0.3, -0.25) is 0 Å². The predicted octanol–water partition coefficient (Wildman–Crippen LogP) is 3.13. The topological polar surface area (TPSA) is 26.0 Å². The van der Waals surface area contributed by atoms with Gasteiger partial charge in [-0.25, -0.2) is 0 Å². The lowest BCUT2D eigenvalue weighted by molar-refractivity contribution is 0.358. The summed E-state index contributed by atoms with van der Waals surface area (Å²) in [5, 5.41) is 0. The third kappa shape index (κ3) is 1.09. The molecule has 13 heavy (non-hydrogen) atoms. The number of aryl methyl sites for hydroxylation is 1. The fourth-order valence-electron chi connectivity index (χ4n) is 2.44. The second-order valence-electron chi connectivity index (χ2n) is 4.27. The van der Waals surface area contributed by atoms with Gasteiger partial charge < -0.3 is 5.73 Å². The molecule has 1 aromatic heterocycles. The average Bonchev–Trinajstić information content (AvgIpc) is 2.78. The molecule has 2 aliphatic rings.